The minimum atomic E-state index is -0.459. The van der Waals surface area contributed by atoms with Gasteiger partial charge in [-0.3, -0.25) is 14.7 Å². The monoisotopic (exact) mass is 404 g/mol. The van der Waals surface area contributed by atoms with Gasteiger partial charge >= 0.3 is 0 Å². The Kier molecular flexibility index (Phi) is 5.05. The minimum absolute atomic E-state index is 0.00643. The molecule has 156 valence electrons. The third-order valence-corrected chi connectivity index (χ3v) is 6.72. The van der Waals surface area contributed by atoms with Gasteiger partial charge in [0.1, 0.15) is 0 Å². The lowest BCUT2D eigenvalue weighted by molar-refractivity contribution is -0.0338. The van der Waals surface area contributed by atoms with E-state index in [-0.39, 0.29) is 11.3 Å². The fourth-order valence-corrected chi connectivity index (χ4v) is 5.19. The van der Waals surface area contributed by atoms with Crippen molar-refractivity contribution in [3.63, 3.8) is 0 Å². The molecule has 30 heavy (non-hydrogen) atoms. The van der Waals surface area contributed by atoms with Gasteiger partial charge in [0, 0.05) is 43.2 Å². The number of hydrogen-bond acceptors (Lipinski definition) is 4. The number of aliphatic hydroxyl groups excluding tert-OH is 1. The largest absolute Gasteiger partial charge is 0.391 e. The summed E-state index contributed by atoms with van der Waals surface area (Å²) in [6.45, 7) is 4.01. The molecule has 0 aliphatic carbocycles. The summed E-state index contributed by atoms with van der Waals surface area (Å²) in [6.07, 6.45) is 5.61. The molecular weight excluding hydrogens is 376 g/mol. The number of fused-ring (bicyclic) bond motifs is 1. The van der Waals surface area contributed by atoms with Gasteiger partial charge in [-0.15, -0.1) is 0 Å². The average Bonchev–Trinajstić information content (AvgIpc) is 3.17. The minimum Gasteiger partial charge on any atom is -0.391 e. The summed E-state index contributed by atoms with van der Waals surface area (Å²) in [7, 11) is 0. The van der Waals surface area contributed by atoms with E-state index in [1.165, 1.54) is 16.6 Å². The molecule has 6 nitrogen and oxygen atoms in total. The first-order valence-electron chi connectivity index (χ1n) is 10.8. The molecule has 0 radical (unpaired) electrons. The van der Waals surface area contributed by atoms with Gasteiger partial charge in [0.25, 0.3) is 5.91 Å². The Labute approximate surface area is 176 Å². The fraction of sp³-hybridized carbons (Fsp3) is 0.417. The van der Waals surface area contributed by atoms with Crippen molar-refractivity contribution in [3.05, 3.63) is 66.1 Å². The van der Waals surface area contributed by atoms with Gasteiger partial charge in [0.15, 0.2) is 0 Å². The molecule has 1 spiro atoms. The highest BCUT2D eigenvalue weighted by Crippen LogP contribution is 2.40. The van der Waals surface area contributed by atoms with Gasteiger partial charge in [0.05, 0.1) is 11.7 Å². The third-order valence-electron chi connectivity index (χ3n) is 6.72. The number of para-hydroxylation sites is 1. The van der Waals surface area contributed by atoms with E-state index in [2.05, 4.69) is 45.2 Å². The Balaban J connectivity index is 1.24. The number of nitrogens with one attached hydrogen (secondary N) is 1. The Bertz CT molecular complexity index is 991. The zero-order chi connectivity index (χ0) is 20.6. The van der Waals surface area contributed by atoms with Crippen LogP contribution in [-0.4, -0.2) is 63.1 Å². The lowest BCUT2D eigenvalue weighted by Crippen LogP contribution is -2.55. The van der Waals surface area contributed by atoms with E-state index >= 15 is 0 Å². The number of H-pyrrole nitrogens is 1. The topological polar surface area (TPSA) is 72.5 Å². The molecule has 4 heterocycles. The third kappa shape index (κ3) is 3.85. The lowest BCUT2D eigenvalue weighted by atomic mass is 9.71. The molecule has 2 aliphatic heterocycles. The number of piperidine rings is 2. The van der Waals surface area contributed by atoms with Crippen LogP contribution in [-0.2, 0) is 6.54 Å². The number of amides is 1. The van der Waals surface area contributed by atoms with E-state index in [4.69, 9.17) is 0 Å². The van der Waals surface area contributed by atoms with E-state index in [0.717, 1.165) is 45.4 Å². The van der Waals surface area contributed by atoms with Crippen molar-refractivity contribution in [1.29, 1.82) is 0 Å². The standard InChI is InChI=1S/C24H28N4O2/c29-21-13-24(17-28(16-21)23(30)19-5-3-9-25-14-19)7-10-27(11-8-24)15-20-12-18-4-1-2-6-22(18)26-20/h1-6,9,12,14,21,26,29H,7-8,10-11,13,15-17H2. The smallest absolute Gasteiger partial charge is 0.255 e. The Morgan fingerprint density at radius 2 is 2.03 bits per heavy atom. The average molecular weight is 405 g/mol. The van der Waals surface area contributed by atoms with Crippen LogP contribution < -0.4 is 0 Å². The van der Waals surface area contributed by atoms with Crippen molar-refractivity contribution in [2.75, 3.05) is 26.2 Å². The molecule has 5 rings (SSSR count). The molecule has 3 aromatic rings. The molecule has 2 aromatic heterocycles. The van der Waals surface area contributed by atoms with E-state index in [0.29, 0.717) is 12.1 Å². The van der Waals surface area contributed by atoms with Gasteiger partial charge in [-0.1, -0.05) is 18.2 Å². The molecule has 1 unspecified atom stereocenters. The van der Waals surface area contributed by atoms with Gasteiger partial charge in [-0.05, 0) is 67.4 Å². The molecule has 2 fully saturated rings. The predicted molar refractivity (Wildman–Crippen MR) is 116 cm³/mol. The zero-order valence-corrected chi connectivity index (χ0v) is 17.1. The fourth-order valence-electron chi connectivity index (χ4n) is 5.19. The summed E-state index contributed by atoms with van der Waals surface area (Å²) in [5.41, 5.74) is 3.02. The number of nitrogens with zero attached hydrogens (tertiary/aromatic N) is 3. The van der Waals surface area contributed by atoms with Crippen LogP contribution in [0, 0.1) is 5.41 Å². The molecule has 2 saturated heterocycles. The number of β-amino-alcohol motifs (C(OH)–C–C–N with tert-alkyl or cyclic N) is 1. The SMILES string of the molecule is O=C(c1cccnc1)N1CC(O)CC2(CCN(Cc3cc4ccccc4[nH]3)CC2)C1. The maximum atomic E-state index is 12.9. The van der Waals surface area contributed by atoms with Crippen molar-refractivity contribution < 1.29 is 9.90 Å². The Hall–Kier alpha value is -2.70. The van der Waals surface area contributed by atoms with E-state index < -0.39 is 6.10 Å². The van der Waals surface area contributed by atoms with Crippen LogP contribution in [0.1, 0.15) is 35.3 Å². The molecule has 0 saturated carbocycles. The highest BCUT2D eigenvalue weighted by Gasteiger charge is 2.43. The predicted octanol–water partition coefficient (Wildman–Crippen LogP) is 3.05. The number of likely N-dealkylation sites (tertiary alicyclic amines) is 2. The van der Waals surface area contributed by atoms with E-state index in [9.17, 15) is 9.90 Å². The summed E-state index contributed by atoms with van der Waals surface area (Å²) >= 11 is 0. The maximum absolute atomic E-state index is 12.9. The summed E-state index contributed by atoms with van der Waals surface area (Å²) < 4.78 is 0. The van der Waals surface area contributed by atoms with Gasteiger partial charge in [0.2, 0.25) is 0 Å². The number of aromatic amines is 1. The summed E-state index contributed by atoms with van der Waals surface area (Å²) in [4.78, 5) is 24.8. The van der Waals surface area contributed by atoms with Gasteiger partial charge in [-0.2, -0.15) is 0 Å². The summed E-state index contributed by atoms with van der Waals surface area (Å²) in [5, 5.41) is 11.8. The first-order chi connectivity index (χ1) is 14.6. The van der Waals surface area contributed by atoms with Crippen molar-refractivity contribution in [2.45, 2.75) is 31.9 Å². The molecule has 1 atom stereocenters. The Morgan fingerprint density at radius 1 is 1.20 bits per heavy atom. The molecule has 1 aromatic carbocycles. The Morgan fingerprint density at radius 3 is 2.80 bits per heavy atom. The first-order valence-corrected chi connectivity index (χ1v) is 10.8. The number of pyridine rings is 1. The van der Waals surface area contributed by atoms with E-state index in [1.54, 1.807) is 24.5 Å². The number of carbonyl (C=O) groups is 1. The number of aromatic nitrogens is 2. The van der Waals surface area contributed by atoms with Crippen LogP contribution in [0.5, 0.6) is 0 Å². The van der Waals surface area contributed by atoms with Crippen molar-refractivity contribution in [2.24, 2.45) is 5.41 Å². The molecule has 2 aliphatic rings. The van der Waals surface area contributed by atoms with Crippen LogP contribution >= 0.6 is 0 Å². The van der Waals surface area contributed by atoms with Crippen LogP contribution in [0.2, 0.25) is 0 Å². The van der Waals surface area contributed by atoms with Gasteiger partial charge < -0.3 is 15.0 Å². The second-order valence-corrected chi connectivity index (χ2v) is 8.94. The molecule has 1 amide bonds. The van der Waals surface area contributed by atoms with E-state index in [1.807, 2.05) is 4.90 Å². The molecule has 6 heteroatoms. The number of carbonyl (C=O) groups excluding carboxylic acids is 1. The maximum Gasteiger partial charge on any atom is 0.255 e. The molecule has 0 bridgehead atoms. The number of hydrogen-bond donors (Lipinski definition) is 2. The van der Waals surface area contributed by atoms with Crippen molar-refractivity contribution in [1.82, 2.24) is 19.8 Å². The van der Waals surface area contributed by atoms with Crippen LogP contribution in [0.15, 0.2) is 54.9 Å². The van der Waals surface area contributed by atoms with Crippen LogP contribution in [0.3, 0.4) is 0 Å². The zero-order valence-electron chi connectivity index (χ0n) is 17.1. The molecule has 2 N–H and O–H groups in total. The normalized spacial score (nSPS) is 21.9. The van der Waals surface area contributed by atoms with Gasteiger partial charge in [-0.25, -0.2) is 0 Å². The second kappa shape index (κ2) is 7.85. The van der Waals surface area contributed by atoms with Crippen molar-refractivity contribution in [3.8, 4) is 0 Å². The number of rotatable bonds is 3. The molecular formula is C24H28N4O2. The second-order valence-electron chi connectivity index (χ2n) is 8.94. The number of aliphatic hydroxyl groups is 1. The lowest BCUT2D eigenvalue weighted by Gasteiger charge is -2.49. The first kappa shape index (κ1) is 19.3. The van der Waals surface area contributed by atoms with Crippen LogP contribution in [0.25, 0.3) is 10.9 Å². The van der Waals surface area contributed by atoms with Crippen LogP contribution in [0.4, 0.5) is 0 Å². The highest BCUT2D eigenvalue weighted by atomic mass is 16.3. The summed E-state index contributed by atoms with van der Waals surface area (Å²) in [5.74, 6) is -0.0262. The quantitative estimate of drug-likeness (QED) is 0.704. The number of benzene rings is 1. The highest BCUT2D eigenvalue weighted by molar-refractivity contribution is 5.94. The van der Waals surface area contributed by atoms with Crippen molar-refractivity contribution >= 4 is 16.8 Å². The summed E-state index contributed by atoms with van der Waals surface area (Å²) in [6, 6.07) is 14.2.